The van der Waals surface area contributed by atoms with Crippen molar-refractivity contribution in [2.75, 3.05) is 0 Å². The highest BCUT2D eigenvalue weighted by molar-refractivity contribution is 5.76. The molecule has 0 aromatic heterocycles. The van der Waals surface area contributed by atoms with Gasteiger partial charge >= 0.3 is 0 Å². The first-order valence-corrected chi connectivity index (χ1v) is 7.84. The van der Waals surface area contributed by atoms with E-state index in [2.05, 4.69) is 17.4 Å². The number of fused-ring (bicyclic) bond motifs is 1. The summed E-state index contributed by atoms with van der Waals surface area (Å²) in [6.45, 7) is 0. The summed E-state index contributed by atoms with van der Waals surface area (Å²) in [6.07, 6.45) is 3.90. The van der Waals surface area contributed by atoms with Crippen molar-refractivity contribution >= 4 is 5.91 Å². The maximum atomic E-state index is 13.6. The van der Waals surface area contributed by atoms with Crippen molar-refractivity contribution in [1.82, 2.24) is 5.32 Å². The van der Waals surface area contributed by atoms with E-state index in [1.807, 2.05) is 12.1 Å². The van der Waals surface area contributed by atoms with Crippen LogP contribution in [0.25, 0.3) is 0 Å². The number of nitrogens with one attached hydrogen (secondary N) is 1. The lowest BCUT2D eigenvalue weighted by Gasteiger charge is -2.26. The predicted octanol–water partition coefficient (Wildman–Crippen LogP) is 3.95. The van der Waals surface area contributed by atoms with Gasteiger partial charge in [0.2, 0.25) is 5.91 Å². The van der Waals surface area contributed by atoms with Crippen LogP contribution in [-0.4, -0.2) is 5.91 Å². The summed E-state index contributed by atoms with van der Waals surface area (Å²) >= 11 is 0. The lowest BCUT2D eigenvalue weighted by atomic mass is 9.87. The van der Waals surface area contributed by atoms with Crippen LogP contribution < -0.4 is 5.32 Å². The fourth-order valence-corrected chi connectivity index (χ4v) is 3.12. The van der Waals surface area contributed by atoms with Crippen molar-refractivity contribution in [3.63, 3.8) is 0 Å². The third-order valence-electron chi connectivity index (χ3n) is 4.28. The van der Waals surface area contributed by atoms with Gasteiger partial charge in [0, 0.05) is 6.42 Å². The van der Waals surface area contributed by atoms with E-state index >= 15 is 0 Å². The van der Waals surface area contributed by atoms with Gasteiger partial charge in [-0.3, -0.25) is 4.79 Å². The summed E-state index contributed by atoms with van der Waals surface area (Å²) in [5.41, 5.74) is 3.16. The molecule has 0 radical (unpaired) electrons. The van der Waals surface area contributed by atoms with Gasteiger partial charge in [0.25, 0.3) is 0 Å². The molecule has 1 amide bonds. The van der Waals surface area contributed by atoms with E-state index in [4.69, 9.17) is 0 Å². The smallest absolute Gasteiger partial charge is 0.220 e. The SMILES string of the molecule is O=C(CCc1ccccc1F)N[C@H]1CCCc2ccccc21. The summed E-state index contributed by atoms with van der Waals surface area (Å²) < 4.78 is 13.6. The average molecular weight is 297 g/mol. The molecular weight excluding hydrogens is 277 g/mol. The molecule has 0 fully saturated rings. The minimum absolute atomic E-state index is 0.00930. The molecule has 114 valence electrons. The summed E-state index contributed by atoms with van der Waals surface area (Å²) in [6, 6.07) is 15.0. The number of carbonyl (C=O) groups is 1. The summed E-state index contributed by atoms with van der Waals surface area (Å²) in [5.74, 6) is -0.247. The molecule has 0 heterocycles. The standard InChI is InChI=1S/C19H20FNO/c20-17-10-4-2-7-15(17)12-13-19(22)21-18-11-5-8-14-6-1-3-9-16(14)18/h1-4,6-7,9-10,18H,5,8,11-13H2,(H,21,22)/t18-/m0/s1. The van der Waals surface area contributed by atoms with Crippen LogP contribution in [0, 0.1) is 5.82 Å². The van der Waals surface area contributed by atoms with Gasteiger partial charge in [0.1, 0.15) is 5.82 Å². The number of aryl methyl sites for hydroxylation is 2. The van der Waals surface area contributed by atoms with Crippen molar-refractivity contribution in [3.05, 3.63) is 71.0 Å². The first-order chi connectivity index (χ1) is 10.7. The number of hydrogen-bond acceptors (Lipinski definition) is 1. The fraction of sp³-hybridized carbons (Fsp3) is 0.316. The number of amides is 1. The molecular formula is C19H20FNO. The molecule has 1 aliphatic carbocycles. The van der Waals surface area contributed by atoms with Crippen LogP contribution in [0.4, 0.5) is 4.39 Å². The van der Waals surface area contributed by atoms with Crippen molar-refractivity contribution in [3.8, 4) is 0 Å². The van der Waals surface area contributed by atoms with Gasteiger partial charge in [-0.25, -0.2) is 4.39 Å². The third kappa shape index (κ3) is 3.35. The Labute approximate surface area is 130 Å². The Bertz CT molecular complexity index is 668. The van der Waals surface area contributed by atoms with E-state index in [0.29, 0.717) is 18.4 Å². The Morgan fingerprint density at radius 3 is 2.77 bits per heavy atom. The van der Waals surface area contributed by atoms with Crippen LogP contribution in [0.1, 0.15) is 42.0 Å². The van der Waals surface area contributed by atoms with Crippen LogP contribution in [0.5, 0.6) is 0 Å². The van der Waals surface area contributed by atoms with Crippen molar-refractivity contribution in [2.24, 2.45) is 0 Å². The minimum Gasteiger partial charge on any atom is -0.349 e. The molecule has 0 bridgehead atoms. The van der Waals surface area contributed by atoms with E-state index < -0.39 is 0 Å². The maximum Gasteiger partial charge on any atom is 0.220 e. The Balaban J connectivity index is 1.60. The quantitative estimate of drug-likeness (QED) is 0.909. The first kappa shape index (κ1) is 14.8. The van der Waals surface area contributed by atoms with Gasteiger partial charge in [0.05, 0.1) is 6.04 Å². The molecule has 0 spiro atoms. The van der Waals surface area contributed by atoms with Crippen LogP contribution in [0.3, 0.4) is 0 Å². The fourth-order valence-electron chi connectivity index (χ4n) is 3.12. The second-order valence-electron chi connectivity index (χ2n) is 5.80. The monoisotopic (exact) mass is 297 g/mol. The van der Waals surface area contributed by atoms with E-state index in [1.54, 1.807) is 18.2 Å². The number of benzene rings is 2. The molecule has 3 heteroatoms. The number of rotatable bonds is 4. The maximum absolute atomic E-state index is 13.6. The molecule has 2 aromatic rings. The summed E-state index contributed by atoms with van der Waals surface area (Å²) in [5, 5.41) is 3.10. The van der Waals surface area contributed by atoms with Gasteiger partial charge in [-0.2, -0.15) is 0 Å². The zero-order chi connectivity index (χ0) is 15.4. The highest BCUT2D eigenvalue weighted by Crippen LogP contribution is 2.29. The largest absolute Gasteiger partial charge is 0.349 e. The molecule has 2 aromatic carbocycles. The summed E-state index contributed by atoms with van der Waals surface area (Å²) in [7, 11) is 0. The van der Waals surface area contributed by atoms with Crippen LogP contribution in [-0.2, 0) is 17.6 Å². The minimum atomic E-state index is -0.238. The van der Waals surface area contributed by atoms with E-state index in [9.17, 15) is 9.18 Å². The highest BCUT2D eigenvalue weighted by atomic mass is 19.1. The Kier molecular flexibility index (Phi) is 4.52. The topological polar surface area (TPSA) is 29.1 Å². The Morgan fingerprint density at radius 1 is 1.14 bits per heavy atom. The molecule has 1 aliphatic rings. The van der Waals surface area contributed by atoms with Crippen LogP contribution in [0.15, 0.2) is 48.5 Å². The Morgan fingerprint density at radius 2 is 1.91 bits per heavy atom. The Hall–Kier alpha value is -2.16. The number of halogens is 1. The number of carbonyl (C=O) groups excluding carboxylic acids is 1. The molecule has 0 saturated carbocycles. The van der Waals surface area contributed by atoms with Gasteiger partial charge in [-0.15, -0.1) is 0 Å². The lowest BCUT2D eigenvalue weighted by Crippen LogP contribution is -2.31. The predicted molar refractivity (Wildman–Crippen MR) is 85.0 cm³/mol. The second-order valence-corrected chi connectivity index (χ2v) is 5.80. The van der Waals surface area contributed by atoms with E-state index in [-0.39, 0.29) is 17.8 Å². The van der Waals surface area contributed by atoms with Crippen molar-refractivity contribution < 1.29 is 9.18 Å². The van der Waals surface area contributed by atoms with Gasteiger partial charge in [-0.1, -0.05) is 42.5 Å². The third-order valence-corrected chi connectivity index (χ3v) is 4.28. The van der Waals surface area contributed by atoms with Gasteiger partial charge < -0.3 is 5.32 Å². The zero-order valence-electron chi connectivity index (χ0n) is 12.5. The highest BCUT2D eigenvalue weighted by Gasteiger charge is 2.21. The number of hydrogen-bond donors (Lipinski definition) is 1. The van der Waals surface area contributed by atoms with E-state index in [0.717, 1.165) is 19.3 Å². The molecule has 3 rings (SSSR count). The van der Waals surface area contributed by atoms with Crippen LogP contribution >= 0.6 is 0 Å². The molecule has 0 unspecified atom stereocenters. The zero-order valence-corrected chi connectivity index (χ0v) is 12.5. The molecule has 2 nitrogen and oxygen atoms in total. The second kappa shape index (κ2) is 6.73. The van der Waals surface area contributed by atoms with E-state index in [1.165, 1.54) is 17.2 Å². The normalized spacial score (nSPS) is 16.9. The molecule has 0 aliphatic heterocycles. The molecule has 1 atom stereocenters. The lowest BCUT2D eigenvalue weighted by molar-refractivity contribution is -0.121. The molecule has 0 saturated heterocycles. The molecule has 1 N–H and O–H groups in total. The average Bonchev–Trinajstić information content (AvgIpc) is 2.54. The van der Waals surface area contributed by atoms with Crippen molar-refractivity contribution in [1.29, 1.82) is 0 Å². The van der Waals surface area contributed by atoms with Gasteiger partial charge in [0.15, 0.2) is 0 Å². The summed E-state index contributed by atoms with van der Waals surface area (Å²) in [4.78, 5) is 12.2. The van der Waals surface area contributed by atoms with Gasteiger partial charge in [-0.05, 0) is 48.4 Å². The molecule has 22 heavy (non-hydrogen) atoms. The van der Waals surface area contributed by atoms with Crippen molar-refractivity contribution in [2.45, 2.75) is 38.1 Å². The first-order valence-electron chi connectivity index (χ1n) is 7.84. The van der Waals surface area contributed by atoms with Crippen LogP contribution in [0.2, 0.25) is 0 Å².